The molecule has 0 bridgehead atoms. The largest absolute Gasteiger partial charge is 0.369 e. The normalized spacial score (nSPS) is 13.2. The SMILES string of the molecule is Brc1ccc(-n2nc(-c3ccsc3)c3c2NCC3)cc1. The van der Waals surface area contributed by atoms with Crippen LogP contribution in [0.3, 0.4) is 0 Å². The van der Waals surface area contributed by atoms with Crippen molar-refractivity contribution >= 4 is 33.1 Å². The monoisotopic (exact) mass is 345 g/mol. The van der Waals surface area contributed by atoms with Crippen molar-refractivity contribution in [3.05, 3.63) is 51.1 Å². The summed E-state index contributed by atoms with van der Waals surface area (Å²) in [4.78, 5) is 0. The van der Waals surface area contributed by atoms with Gasteiger partial charge in [0.05, 0.1) is 11.4 Å². The van der Waals surface area contributed by atoms with Gasteiger partial charge in [-0.2, -0.15) is 16.4 Å². The summed E-state index contributed by atoms with van der Waals surface area (Å²) in [6.07, 6.45) is 1.04. The predicted molar refractivity (Wildman–Crippen MR) is 86.8 cm³/mol. The second kappa shape index (κ2) is 4.75. The molecule has 0 atom stereocenters. The van der Waals surface area contributed by atoms with E-state index >= 15 is 0 Å². The molecule has 3 aromatic rings. The van der Waals surface area contributed by atoms with Crippen molar-refractivity contribution in [2.24, 2.45) is 0 Å². The van der Waals surface area contributed by atoms with Crippen LogP contribution in [-0.2, 0) is 6.42 Å². The van der Waals surface area contributed by atoms with Gasteiger partial charge in [0.15, 0.2) is 0 Å². The maximum Gasteiger partial charge on any atom is 0.133 e. The van der Waals surface area contributed by atoms with Gasteiger partial charge in [-0.15, -0.1) is 0 Å². The van der Waals surface area contributed by atoms with Gasteiger partial charge in [-0.05, 0) is 42.1 Å². The Labute approximate surface area is 129 Å². The Hall–Kier alpha value is -1.59. The molecule has 0 fully saturated rings. The van der Waals surface area contributed by atoms with Crippen LogP contribution in [0.2, 0.25) is 0 Å². The molecule has 3 heterocycles. The Morgan fingerprint density at radius 3 is 2.80 bits per heavy atom. The van der Waals surface area contributed by atoms with Crippen molar-refractivity contribution in [1.29, 1.82) is 0 Å². The molecule has 1 aliphatic heterocycles. The summed E-state index contributed by atoms with van der Waals surface area (Å²) in [6, 6.07) is 10.4. The van der Waals surface area contributed by atoms with Gasteiger partial charge in [-0.3, -0.25) is 0 Å². The van der Waals surface area contributed by atoms with Crippen molar-refractivity contribution in [1.82, 2.24) is 9.78 Å². The van der Waals surface area contributed by atoms with Gasteiger partial charge < -0.3 is 5.32 Å². The molecule has 5 heteroatoms. The van der Waals surface area contributed by atoms with Crippen molar-refractivity contribution in [2.45, 2.75) is 6.42 Å². The van der Waals surface area contributed by atoms with E-state index in [1.807, 2.05) is 16.8 Å². The molecule has 1 N–H and O–H groups in total. The number of benzene rings is 1. The minimum Gasteiger partial charge on any atom is -0.369 e. The first-order valence-corrected chi connectivity index (χ1v) is 8.21. The molecule has 0 radical (unpaired) electrons. The lowest BCUT2D eigenvalue weighted by Gasteiger charge is -2.06. The minimum absolute atomic E-state index is 0.987. The van der Waals surface area contributed by atoms with E-state index in [4.69, 9.17) is 5.10 Å². The van der Waals surface area contributed by atoms with Gasteiger partial charge in [-0.1, -0.05) is 15.9 Å². The summed E-state index contributed by atoms with van der Waals surface area (Å²) in [6.45, 7) is 0.987. The van der Waals surface area contributed by atoms with Crippen molar-refractivity contribution < 1.29 is 0 Å². The fourth-order valence-electron chi connectivity index (χ4n) is 2.57. The van der Waals surface area contributed by atoms with E-state index in [9.17, 15) is 0 Å². The van der Waals surface area contributed by atoms with Crippen LogP contribution >= 0.6 is 27.3 Å². The smallest absolute Gasteiger partial charge is 0.133 e. The number of nitrogens with one attached hydrogen (secondary N) is 1. The van der Waals surface area contributed by atoms with Gasteiger partial charge in [0.2, 0.25) is 0 Å². The number of fused-ring (bicyclic) bond motifs is 1. The number of halogens is 1. The third kappa shape index (κ3) is 1.89. The van der Waals surface area contributed by atoms with Crippen LogP contribution in [0, 0.1) is 0 Å². The predicted octanol–water partition coefficient (Wildman–Crippen LogP) is 4.33. The molecule has 1 aromatic carbocycles. The van der Waals surface area contributed by atoms with Crippen LogP contribution in [0.1, 0.15) is 5.56 Å². The van der Waals surface area contributed by atoms with Crippen LogP contribution in [0.15, 0.2) is 45.6 Å². The Bertz CT molecular complexity index is 744. The molecule has 0 spiro atoms. The van der Waals surface area contributed by atoms with Crippen LogP contribution < -0.4 is 5.32 Å². The Kier molecular flexibility index (Phi) is 2.89. The van der Waals surface area contributed by atoms with Crippen LogP contribution in [-0.4, -0.2) is 16.3 Å². The first-order valence-electron chi connectivity index (χ1n) is 6.47. The molecule has 20 heavy (non-hydrogen) atoms. The minimum atomic E-state index is 0.987. The maximum absolute atomic E-state index is 4.82. The summed E-state index contributed by atoms with van der Waals surface area (Å²) in [7, 11) is 0. The molecule has 2 aromatic heterocycles. The molecule has 100 valence electrons. The number of hydrogen-bond donors (Lipinski definition) is 1. The first kappa shape index (κ1) is 12.2. The zero-order valence-electron chi connectivity index (χ0n) is 10.6. The van der Waals surface area contributed by atoms with Gasteiger partial charge in [0.1, 0.15) is 5.82 Å². The fraction of sp³-hybridized carbons (Fsp3) is 0.133. The number of thiophene rings is 1. The highest BCUT2D eigenvalue weighted by Crippen LogP contribution is 2.35. The summed E-state index contributed by atoms with van der Waals surface area (Å²) in [5.41, 5.74) is 4.73. The Balaban J connectivity index is 1.89. The van der Waals surface area contributed by atoms with E-state index in [0.29, 0.717) is 0 Å². The van der Waals surface area contributed by atoms with E-state index in [-0.39, 0.29) is 0 Å². The highest BCUT2D eigenvalue weighted by molar-refractivity contribution is 9.10. The molecule has 0 amide bonds. The molecule has 0 saturated heterocycles. The molecule has 0 saturated carbocycles. The van der Waals surface area contributed by atoms with Crippen molar-refractivity contribution in [2.75, 3.05) is 11.9 Å². The molecule has 0 aliphatic carbocycles. The zero-order valence-corrected chi connectivity index (χ0v) is 13.0. The lowest BCUT2D eigenvalue weighted by molar-refractivity contribution is 0.882. The quantitative estimate of drug-likeness (QED) is 0.748. The Morgan fingerprint density at radius 1 is 1.20 bits per heavy atom. The average Bonchev–Trinajstić information content (AvgIpc) is 3.16. The number of anilines is 1. The number of nitrogens with zero attached hydrogens (tertiary/aromatic N) is 2. The molecule has 4 rings (SSSR count). The average molecular weight is 346 g/mol. The van der Waals surface area contributed by atoms with E-state index in [0.717, 1.165) is 34.6 Å². The summed E-state index contributed by atoms with van der Waals surface area (Å²) in [5.74, 6) is 1.13. The summed E-state index contributed by atoms with van der Waals surface area (Å²) in [5, 5.41) is 12.5. The van der Waals surface area contributed by atoms with Gasteiger partial charge in [0, 0.05) is 27.5 Å². The first-order chi connectivity index (χ1) is 9.83. The van der Waals surface area contributed by atoms with E-state index in [2.05, 4.69) is 50.2 Å². The second-order valence-corrected chi connectivity index (χ2v) is 6.45. The second-order valence-electron chi connectivity index (χ2n) is 4.75. The lowest BCUT2D eigenvalue weighted by Crippen LogP contribution is -2.04. The van der Waals surface area contributed by atoms with Crippen molar-refractivity contribution in [3.63, 3.8) is 0 Å². The molecule has 3 nitrogen and oxygen atoms in total. The number of aromatic nitrogens is 2. The third-order valence-electron chi connectivity index (χ3n) is 3.52. The molecule has 1 aliphatic rings. The van der Waals surface area contributed by atoms with Crippen LogP contribution in [0.4, 0.5) is 5.82 Å². The summed E-state index contributed by atoms with van der Waals surface area (Å²) < 4.78 is 3.10. The van der Waals surface area contributed by atoms with Crippen LogP contribution in [0.25, 0.3) is 16.9 Å². The summed E-state index contributed by atoms with van der Waals surface area (Å²) >= 11 is 5.18. The van der Waals surface area contributed by atoms with Gasteiger partial charge in [-0.25, -0.2) is 4.68 Å². The van der Waals surface area contributed by atoms with Crippen LogP contribution in [0.5, 0.6) is 0 Å². The molecule has 0 unspecified atom stereocenters. The van der Waals surface area contributed by atoms with E-state index in [1.54, 1.807) is 11.3 Å². The fourth-order valence-corrected chi connectivity index (χ4v) is 3.48. The highest BCUT2D eigenvalue weighted by Gasteiger charge is 2.23. The third-order valence-corrected chi connectivity index (χ3v) is 4.73. The van der Waals surface area contributed by atoms with Gasteiger partial charge >= 0.3 is 0 Å². The molecular formula is C15H12BrN3S. The zero-order chi connectivity index (χ0) is 13.5. The number of hydrogen-bond acceptors (Lipinski definition) is 3. The standard InChI is InChI=1S/C15H12BrN3S/c16-11-1-3-12(4-2-11)19-15-13(5-7-17-15)14(18-19)10-6-8-20-9-10/h1-4,6,8-9,17H,5,7H2. The molecular weight excluding hydrogens is 334 g/mol. The maximum atomic E-state index is 4.82. The van der Waals surface area contributed by atoms with E-state index in [1.165, 1.54) is 11.1 Å². The van der Waals surface area contributed by atoms with Crippen molar-refractivity contribution in [3.8, 4) is 16.9 Å². The topological polar surface area (TPSA) is 29.9 Å². The van der Waals surface area contributed by atoms with Gasteiger partial charge in [0.25, 0.3) is 0 Å². The Morgan fingerprint density at radius 2 is 2.05 bits per heavy atom. The lowest BCUT2D eigenvalue weighted by atomic mass is 10.1. The number of rotatable bonds is 2. The van der Waals surface area contributed by atoms with E-state index < -0.39 is 0 Å². The highest BCUT2D eigenvalue weighted by atomic mass is 79.9.